The first kappa shape index (κ1) is 89.1. The molecule has 0 unspecified atom stereocenters. The zero-order valence-corrected chi connectivity index (χ0v) is 62.4. The largest absolute Gasteiger partial charge is 0.508 e. The van der Waals surface area contributed by atoms with E-state index < -0.39 is 193 Å². The van der Waals surface area contributed by atoms with Gasteiger partial charge in [0.05, 0.1) is 31.8 Å². The average molecular weight is 1570 g/mol. The van der Waals surface area contributed by atoms with E-state index in [-0.39, 0.29) is 134 Å². The highest BCUT2D eigenvalue weighted by atomic mass is 16.4. The number of carboxylic acids is 4. The van der Waals surface area contributed by atoms with Gasteiger partial charge in [-0.2, -0.15) is 0 Å². The smallest absolute Gasteiger partial charge is 0.326 e. The third-order valence-electron chi connectivity index (χ3n) is 19.0. The Morgan fingerprint density at radius 1 is 0.455 bits per heavy atom. The molecular weight excluding hydrogens is 1460 g/mol. The zero-order valence-electron chi connectivity index (χ0n) is 62.4. The number of amides is 12. The normalized spacial score (nSPS) is 17.6. The van der Waals surface area contributed by atoms with Crippen molar-refractivity contribution >= 4 is 101 Å². The topological polar surface area (TPSA) is 606 Å². The van der Waals surface area contributed by atoms with Crippen molar-refractivity contribution in [2.75, 3.05) is 39.3 Å². The van der Waals surface area contributed by atoms with Gasteiger partial charge in [-0.3, -0.25) is 77.3 Å². The number of nitrogens with zero attached hydrogens (tertiary/aromatic N) is 3. The molecule has 0 aliphatic carbocycles. The number of nitrogens with one attached hydrogen (secondary N) is 11. The summed E-state index contributed by atoms with van der Waals surface area (Å²) in [6.45, 7) is 3.01. The highest BCUT2D eigenvalue weighted by molar-refractivity contribution is 6.01. The molecule has 12 atom stereocenters. The Bertz CT molecular complexity index is 3840. The van der Waals surface area contributed by atoms with Crippen molar-refractivity contribution in [1.29, 1.82) is 5.41 Å². The maximum absolute atomic E-state index is 14.9. The Morgan fingerprint density at radius 3 is 1.31 bits per heavy atom. The number of aromatic hydroxyl groups is 1. The summed E-state index contributed by atoms with van der Waals surface area (Å²) >= 11 is 0. The second-order valence-corrected chi connectivity index (χ2v) is 28.2. The van der Waals surface area contributed by atoms with Crippen LogP contribution in [0, 0.1) is 11.3 Å². The molecule has 0 spiro atoms. The molecule has 3 fully saturated rings. The summed E-state index contributed by atoms with van der Waals surface area (Å²) in [5, 5.41) is 81.2. The fourth-order valence-corrected chi connectivity index (χ4v) is 13.4. The number of carboxylic acid groups (broad SMARTS) is 4. The molecule has 3 aromatic rings. The van der Waals surface area contributed by atoms with E-state index in [1.807, 2.05) is 0 Å². The minimum atomic E-state index is -1.99. The molecule has 38 heteroatoms. The lowest BCUT2D eigenvalue weighted by molar-refractivity contribution is -0.145. The number of carbonyl (C=O) groups is 16. The number of guanidine groups is 1. The molecule has 0 radical (unpaired) electrons. The molecule has 6 rings (SSSR count). The molecule has 3 aliphatic heterocycles. The molecular formula is C74H103N17O21. The SMILES string of the molecule is CC(C)C[C@H](NC(=O)[C@@H]1CCCN1C(=O)[C@H](CCCCN)NC(=O)[C@H](CC(=O)O)NC(=O)[C@H](CC(=O)O)NC(=O)[C@@H]1CCCN1C(=O)[C@@H](N)Cc1ccc(O)cc1)C(=O)NCC(=O)N[C@@H](Cc1ccccc1)C(=O)N1CCC[C@H]1C(=O)N[C@@H](Cc1ccccc1)C(=O)N[C@@H](CC(=O)O)C(=O)N[C@@H](CCCNC(=N)N)C(=O)O. The van der Waals surface area contributed by atoms with Gasteiger partial charge in [0.2, 0.25) is 70.9 Å². The van der Waals surface area contributed by atoms with Crippen molar-refractivity contribution in [2.45, 2.75) is 202 Å². The van der Waals surface area contributed by atoms with Gasteiger partial charge in [0.15, 0.2) is 5.96 Å². The van der Waals surface area contributed by atoms with Crippen molar-refractivity contribution < 1.29 is 102 Å². The molecule has 0 bridgehead atoms. The van der Waals surface area contributed by atoms with Gasteiger partial charge in [0.25, 0.3) is 0 Å². The molecule has 3 aromatic carbocycles. The van der Waals surface area contributed by atoms with Gasteiger partial charge < -0.3 is 111 Å². The van der Waals surface area contributed by atoms with Gasteiger partial charge >= 0.3 is 23.9 Å². The molecule has 12 amide bonds. The number of phenolic OH excluding ortho intramolecular Hbond substituents is 1. The lowest BCUT2D eigenvalue weighted by atomic mass is 10.0. The summed E-state index contributed by atoms with van der Waals surface area (Å²) in [7, 11) is 0. The molecule has 3 aliphatic rings. The van der Waals surface area contributed by atoms with Crippen LogP contribution in [0.2, 0.25) is 0 Å². The zero-order chi connectivity index (χ0) is 82.3. The quantitative estimate of drug-likeness (QED) is 0.0149. The Hall–Kier alpha value is -11.8. The number of carbonyl (C=O) groups excluding carboxylic acids is 12. The van der Waals surface area contributed by atoms with E-state index in [1.54, 1.807) is 86.6 Å². The number of likely N-dealkylation sites (tertiary alicyclic amines) is 3. The van der Waals surface area contributed by atoms with Gasteiger partial charge in [0.1, 0.15) is 72.2 Å². The summed E-state index contributed by atoms with van der Waals surface area (Å²) < 4.78 is 0. The highest BCUT2D eigenvalue weighted by Gasteiger charge is 2.44. The second kappa shape index (κ2) is 44.1. The van der Waals surface area contributed by atoms with E-state index >= 15 is 0 Å². The summed E-state index contributed by atoms with van der Waals surface area (Å²) in [4.78, 5) is 222. The fraction of sp³-hybridized carbons (Fsp3) is 0.527. The van der Waals surface area contributed by atoms with Crippen LogP contribution in [0.5, 0.6) is 5.75 Å². The van der Waals surface area contributed by atoms with Crippen LogP contribution >= 0.6 is 0 Å². The standard InChI is InChI=1S/C74H103N17O21/c1-41(2)33-49(86-68(106)56-22-13-31-90(56)71(109)47(19-9-10-28-75)82-64(102)51(37-59(94)95)85-66(104)53(39-61(98)99)88-67(105)55-21-12-30-89(55)70(108)46(76)34-44-24-26-45(92)27-25-44)62(100)80-40-58(93)81-54(36-43-17-7-4-8-18-43)72(110)91-32-14-23-57(91)69(107)87-50(35-42-15-5-3-6-16-42)63(101)84-52(38-60(96)97)65(103)83-48(73(111)112)20-11-29-79-74(77)78/h3-8,15-18,24-27,41,46-57,92H,9-14,19-23,28-40,75-76H2,1-2H3,(H,80,100)(H,81,93)(H,82,102)(H,83,103)(H,84,101)(H,85,104)(H,86,106)(H,87,107)(H,88,105)(H,94,95)(H,96,97)(H,98,99)(H,111,112)(H4,77,78,79)/t46-,47-,48-,49-,50-,51-,52-,53-,54-,55-,56-,57-/m0/s1. The Balaban J connectivity index is 1.12. The van der Waals surface area contributed by atoms with E-state index in [9.17, 15) is 102 Å². The molecule has 38 nitrogen and oxygen atoms in total. The Kier molecular flexibility index (Phi) is 35.1. The average Bonchev–Trinajstić information content (AvgIpc) is 1.57. The van der Waals surface area contributed by atoms with Crippen LogP contribution in [0.4, 0.5) is 0 Å². The number of phenols is 1. The molecule has 0 saturated carbocycles. The predicted molar refractivity (Wildman–Crippen MR) is 399 cm³/mol. The van der Waals surface area contributed by atoms with E-state index in [0.717, 1.165) is 0 Å². The number of rotatable bonds is 44. The van der Waals surface area contributed by atoms with E-state index in [0.29, 0.717) is 29.5 Å². The molecule has 0 aromatic heterocycles. The number of nitrogens with two attached hydrogens (primary N) is 3. The molecule has 610 valence electrons. The Labute approximate surface area is 645 Å². The first-order chi connectivity index (χ1) is 53.2. The third-order valence-corrected chi connectivity index (χ3v) is 19.0. The van der Waals surface area contributed by atoms with Gasteiger partial charge in [-0.25, -0.2) is 4.79 Å². The van der Waals surface area contributed by atoms with Crippen LogP contribution in [-0.4, -0.2) is 253 Å². The van der Waals surface area contributed by atoms with Crippen molar-refractivity contribution in [3.05, 3.63) is 102 Å². The lowest BCUT2D eigenvalue weighted by Crippen LogP contribution is -2.60. The van der Waals surface area contributed by atoms with Crippen LogP contribution in [0.1, 0.15) is 127 Å². The van der Waals surface area contributed by atoms with Gasteiger partial charge in [0, 0.05) is 39.0 Å². The summed E-state index contributed by atoms with van der Waals surface area (Å²) in [5.74, 6) is -18.1. The molecule has 3 heterocycles. The first-order valence-electron chi connectivity index (χ1n) is 37.1. The second-order valence-electron chi connectivity index (χ2n) is 28.2. The van der Waals surface area contributed by atoms with Gasteiger partial charge in [-0.05, 0) is 125 Å². The van der Waals surface area contributed by atoms with E-state index in [1.165, 1.54) is 26.8 Å². The molecule has 3 saturated heterocycles. The summed E-state index contributed by atoms with van der Waals surface area (Å²) in [5.41, 5.74) is 19.0. The maximum Gasteiger partial charge on any atom is 0.326 e. The minimum absolute atomic E-state index is 0.00235. The monoisotopic (exact) mass is 1570 g/mol. The van der Waals surface area contributed by atoms with Gasteiger partial charge in [-0.15, -0.1) is 0 Å². The minimum Gasteiger partial charge on any atom is -0.508 e. The van der Waals surface area contributed by atoms with Gasteiger partial charge in [-0.1, -0.05) is 86.6 Å². The summed E-state index contributed by atoms with van der Waals surface area (Å²) in [6.07, 6.45) is -2.04. The van der Waals surface area contributed by atoms with E-state index in [2.05, 4.69) is 53.2 Å². The van der Waals surface area contributed by atoms with Crippen molar-refractivity contribution in [2.24, 2.45) is 23.1 Å². The molecule has 112 heavy (non-hydrogen) atoms. The van der Waals surface area contributed by atoms with Crippen molar-refractivity contribution in [1.82, 2.24) is 67.9 Å². The highest BCUT2D eigenvalue weighted by Crippen LogP contribution is 2.25. The number of hydrogen-bond acceptors (Lipinski definition) is 20. The lowest BCUT2D eigenvalue weighted by Gasteiger charge is -2.31. The number of benzene rings is 3. The number of aliphatic carboxylic acids is 4. The summed E-state index contributed by atoms with van der Waals surface area (Å²) in [6, 6.07) is 4.78. The fourth-order valence-electron chi connectivity index (χ4n) is 13.4. The molecule has 22 N–H and O–H groups in total. The van der Waals surface area contributed by atoms with Crippen LogP contribution in [-0.2, 0) is 96.0 Å². The van der Waals surface area contributed by atoms with Crippen LogP contribution in [0.15, 0.2) is 84.9 Å². The van der Waals surface area contributed by atoms with Crippen molar-refractivity contribution in [3.8, 4) is 5.75 Å². The van der Waals surface area contributed by atoms with Crippen LogP contribution in [0.25, 0.3) is 0 Å². The van der Waals surface area contributed by atoms with Crippen LogP contribution < -0.4 is 70.4 Å². The maximum atomic E-state index is 14.9. The number of unbranched alkanes of at least 4 members (excludes halogenated alkanes) is 1. The third kappa shape index (κ3) is 28.2. The van der Waals surface area contributed by atoms with E-state index in [4.69, 9.17) is 22.6 Å². The van der Waals surface area contributed by atoms with Crippen molar-refractivity contribution in [3.63, 3.8) is 0 Å². The predicted octanol–water partition coefficient (Wildman–Crippen LogP) is -3.34. The first-order valence-corrected chi connectivity index (χ1v) is 37.1. The van der Waals surface area contributed by atoms with Crippen LogP contribution in [0.3, 0.4) is 0 Å². The number of hydrogen-bond donors (Lipinski definition) is 19. The Morgan fingerprint density at radius 2 is 0.857 bits per heavy atom.